The average Bonchev–Trinajstić information content (AvgIpc) is 3.04. The van der Waals surface area contributed by atoms with E-state index in [2.05, 4.69) is 25.5 Å². The van der Waals surface area contributed by atoms with Gasteiger partial charge < -0.3 is 9.84 Å². The highest BCUT2D eigenvalue weighted by molar-refractivity contribution is 5.87. The van der Waals surface area contributed by atoms with Gasteiger partial charge in [-0.2, -0.15) is 23.3 Å². The third kappa shape index (κ3) is 2.96. The molecule has 0 bridgehead atoms. The van der Waals surface area contributed by atoms with Crippen molar-refractivity contribution in [1.82, 2.24) is 24.9 Å². The monoisotopic (exact) mass is 326 g/mol. The third-order valence-electron chi connectivity index (χ3n) is 3.33. The third-order valence-corrected chi connectivity index (χ3v) is 3.33. The zero-order valence-electron chi connectivity index (χ0n) is 12.3. The topological polar surface area (TPSA) is 81.7 Å². The number of nitrogens with one attached hydrogen (secondary N) is 1. The number of fused-ring (bicyclic) bond motifs is 1. The van der Waals surface area contributed by atoms with Gasteiger partial charge in [0.15, 0.2) is 5.69 Å². The van der Waals surface area contributed by atoms with E-state index in [9.17, 15) is 13.2 Å². The van der Waals surface area contributed by atoms with Gasteiger partial charge in [0.2, 0.25) is 0 Å². The van der Waals surface area contributed by atoms with E-state index in [1.165, 1.54) is 11.0 Å². The second-order valence-corrected chi connectivity index (χ2v) is 4.99. The molecular formula is C13H13F3N6O. The summed E-state index contributed by atoms with van der Waals surface area (Å²) in [4.78, 5) is 8.06. The highest BCUT2D eigenvalue weighted by atomic mass is 19.4. The number of nitrogens with zero attached hydrogens (tertiary/aromatic N) is 5. The van der Waals surface area contributed by atoms with E-state index < -0.39 is 11.9 Å². The molecule has 3 aromatic heterocycles. The Morgan fingerprint density at radius 3 is 2.74 bits per heavy atom. The lowest BCUT2D eigenvalue weighted by molar-refractivity contribution is -0.141. The molecule has 0 amide bonds. The smallest absolute Gasteiger partial charge is 0.367 e. The molecule has 3 heterocycles. The zero-order chi connectivity index (χ0) is 16.6. The second kappa shape index (κ2) is 5.52. The maximum Gasteiger partial charge on any atom is 0.435 e. The molecule has 0 radical (unpaired) electrons. The predicted octanol–water partition coefficient (Wildman–Crippen LogP) is 2.56. The van der Waals surface area contributed by atoms with Crippen molar-refractivity contribution in [1.29, 1.82) is 0 Å². The van der Waals surface area contributed by atoms with E-state index in [0.29, 0.717) is 34.9 Å². The van der Waals surface area contributed by atoms with E-state index in [0.717, 1.165) is 6.07 Å². The predicted molar refractivity (Wildman–Crippen MR) is 74.8 cm³/mol. The molecule has 0 aliphatic rings. The summed E-state index contributed by atoms with van der Waals surface area (Å²) in [5.74, 6) is 0.523. The van der Waals surface area contributed by atoms with Gasteiger partial charge in [-0.05, 0) is 19.9 Å². The lowest BCUT2D eigenvalue weighted by Gasteiger charge is -2.08. The first-order chi connectivity index (χ1) is 10.9. The van der Waals surface area contributed by atoms with Gasteiger partial charge in [-0.3, -0.25) is 4.68 Å². The standard InChI is InChI=1S/C13H13F3N6O/c1-7-5-9(13(14,15)16)20-22(7)4-3-17-11-10-8(2)21-23-12(10)19-6-18-11/h5-6H,3-4H2,1-2H3,(H,17,18,19). The number of rotatable bonds is 4. The van der Waals surface area contributed by atoms with Crippen LogP contribution < -0.4 is 5.32 Å². The Hall–Kier alpha value is -2.65. The summed E-state index contributed by atoms with van der Waals surface area (Å²) >= 11 is 0. The highest BCUT2D eigenvalue weighted by Crippen LogP contribution is 2.28. The van der Waals surface area contributed by atoms with Crippen LogP contribution in [0.1, 0.15) is 17.1 Å². The van der Waals surface area contributed by atoms with Gasteiger partial charge in [-0.15, -0.1) is 0 Å². The van der Waals surface area contributed by atoms with Crippen LogP contribution in [0.2, 0.25) is 0 Å². The van der Waals surface area contributed by atoms with Gasteiger partial charge in [0.05, 0.1) is 12.2 Å². The molecule has 3 rings (SSSR count). The van der Waals surface area contributed by atoms with Crippen molar-refractivity contribution in [3.63, 3.8) is 0 Å². The molecule has 0 aliphatic carbocycles. The molecule has 0 unspecified atom stereocenters. The number of halogens is 3. The minimum absolute atomic E-state index is 0.262. The summed E-state index contributed by atoms with van der Waals surface area (Å²) in [6.45, 7) is 3.94. The number of alkyl halides is 3. The zero-order valence-corrected chi connectivity index (χ0v) is 12.3. The van der Waals surface area contributed by atoms with Crippen LogP contribution >= 0.6 is 0 Å². The van der Waals surface area contributed by atoms with Crippen molar-refractivity contribution < 1.29 is 17.7 Å². The maximum atomic E-state index is 12.6. The summed E-state index contributed by atoms with van der Waals surface area (Å²) < 4.78 is 44.2. The van der Waals surface area contributed by atoms with Crippen LogP contribution in [0, 0.1) is 13.8 Å². The Balaban J connectivity index is 1.72. The summed E-state index contributed by atoms with van der Waals surface area (Å²) in [5, 5.41) is 11.1. The summed E-state index contributed by atoms with van der Waals surface area (Å²) in [5.41, 5.74) is 0.537. The molecule has 23 heavy (non-hydrogen) atoms. The van der Waals surface area contributed by atoms with E-state index in [-0.39, 0.29) is 6.54 Å². The number of anilines is 1. The van der Waals surface area contributed by atoms with Crippen LogP contribution in [0.25, 0.3) is 11.1 Å². The molecule has 1 N–H and O–H groups in total. The minimum Gasteiger partial charge on any atom is -0.367 e. The van der Waals surface area contributed by atoms with E-state index in [4.69, 9.17) is 4.52 Å². The molecule has 122 valence electrons. The Kier molecular flexibility index (Phi) is 3.66. The van der Waals surface area contributed by atoms with Crippen LogP contribution in [0.5, 0.6) is 0 Å². The Morgan fingerprint density at radius 1 is 1.26 bits per heavy atom. The highest BCUT2D eigenvalue weighted by Gasteiger charge is 2.34. The molecule has 0 saturated carbocycles. The number of hydrogen-bond acceptors (Lipinski definition) is 6. The SMILES string of the molecule is Cc1noc2ncnc(NCCn3nc(C(F)(F)F)cc3C)c12. The largest absolute Gasteiger partial charge is 0.435 e. The van der Waals surface area contributed by atoms with Crippen molar-refractivity contribution in [3.05, 3.63) is 29.5 Å². The van der Waals surface area contributed by atoms with E-state index in [1.54, 1.807) is 13.8 Å². The van der Waals surface area contributed by atoms with Crippen LogP contribution in [0.15, 0.2) is 16.9 Å². The first-order valence-electron chi connectivity index (χ1n) is 6.79. The molecule has 7 nitrogen and oxygen atoms in total. The Labute approximate surface area is 128 Å². The van der Waals surface area contributed by atoms with Crippen molar-refractivity contribution >= 4 is 16.9 Å². The van der Waals surface area contributed by atoms with Crippen LogP contribution in [0.3, 0.4) is 0 Å². The van der Waals surface area contributed by atoms with Crippen molar-refractivity contribution in [2.45, 2.75) is 26.6 Å². The summed E-state index contributed by atoms with van der Waals surface area (Å²) in [7, 11) is 0. The number of aromatic nitrogens is 5. The first-order valence-corrected chi connectivity index (χ1v) is 6.79. The van der Waals surface area contributed by atoms with Crippen molar-refractivity contribution in [3.8, 4) is 0 Å². The summed E-state index contributed by atoms with van der Waals surface area (Å²) in [6, 6.07) is 1.02. The van der Waals surface area contributed by atoms with Gasteiger partial charge >= 0.3 is 6.18 Å². The normalized spacial score (nSPS) is 12.0. The molecule has 10 heteroatoms. The molecular weight excluding hydrogens is 313 g/mol. The summed E-state index contributed by atoms with van der Waals surface area (Å²) in [6.07, 6.45) is -3.11. The minimum atomic E-state index is -4.44. The lowest BCUT2D eigenvalue weighted by Crippen LogP contribution is -2.15. The Bertz CT molecular complexity index is 838. The van der Waals surface area contributed by atoms with Gasteiger partial charge in [-0.25, -0.2) is 4.98 Å². The molecule has 0 spiro atoms. The molecule has 3 aromatic rings. The molecule has 0 aromatic carbocycles. The number of aryl methyl sites for hydroxylation is 2. The van der Waals surface area contributed by atoms with Gasteiger partial charge in [0, 0.05) is 12.2 Å². The van der Waals surface area contributed by atoms with Crippen LogP contribution in [0.4, 0.5) is 19.0 Å². The van der Waals surface area contributed by atoms with Crippen molar-refractivity contribution in [2.75, 3.05) is 11.9 Å². The second-order valence-electron chi connectivity index (χ2n) is 4.99. The average molecular weight is 326 g/mol. The van der Waals surface area contributed by atoms with E-state index in [1.807, 2.05) is 0 Å². The maximum absolute atomic E-state index is 12.6. The number of hydrogen-bond donors (Lipinski definition) is 1. The molecule has 0 atom stereocenters. The molecule has 0 fully saturated rings. The first kappa shape index (κ1) is 15.3. The molecule has 0 saturated heterocycles. The van der Waals surface area contributed by atoms with Crippen molar-refractivity contribution in [2.24, 2.45) is 0 Å². The Morgan fingerprint density at radius 2 is 2.04 bits per heavy atom. The fourth-order valence-electron chi connectivity index (χ4n) is 2.21. The van der Waals surface area contributed by atoms with Gasteiger partial charge in [-0.1, -0.05) is 5.16 Å². The van der Waals surface area contributed by atoms with Crippen LogP contribution in [-0.4, -0.2) is 31.4 Å². The van der Waals surface area contributed by atoms with Crippen LogP contribution in [-0.2, 0) is 12.7 Å². The lowest BCUT2D eigenvalue weighted by atomic mass is 10.3. The van der Waals surface area contributed by atoms with Gasteiger partial charge in [0.25, 0.3) is 5.71 Å². The molecule has 0 aliphatic heterocycles. The van der Waals surface area contributed by atoms with Gasteiger partial charge in [0.1, 0.15) is 17.5 Å². The van der Waals surface area contributed by atoms with E-state index >= 15 is 0 Å². The fraction of sp³-hybridized carbons (Fsp3) is 0.385. The quantitative estimate of drug-likeness (QED) is 0.793. The fourth-order valence-corrected chi connectivity index (χ4v) is 2.21.